The van der Waals surface area contributed by atoms with Gasteiger partial charge >= 0.3 is 5.97 Å². The molecule has 0 bridgehead atoms. The van der Waals surface area contributed by atoms with Crippen molar-refractivity contribution in [1.29, 1.82) is 0 Å². The number of methoxy groups -OCH3 is 2. The van der Waals surface area contributed by atoms with Crippen LogP contribution in [-0.2, 0) is 19.0 Å². The van der Waals surface area contributed by atoms with Gasteiger partial charge < -0.3 is 14.2 Å². The smallest absolute Gasteiger partial charge is 0.363 e. The van der Waals surface area contributed by atoms with Crippen LogP contribution in [0.4, 0.5) is 0 Å². The third kappa shape index (κ3) is 3.95. The largest absolute Gasteiger partial charge is 0.458 e. The molecule has 1 aliphatic rings. The van der Waals surface area contributed by atoms with Crippen molar-refractivity contribution in [2.75, 3.05) is 14.2 Å². The number of carbonyl (C=O) groups excluding carboxylic acids is 1. The average Bonchev–Trinajstić information content (AvgIpc) is 2.30. The van der Waals surface area contributed by atoms with Gasteiger partial charge in [-0.2, -0.15) is 0 Å². The first-order chi connectivity index (χ1) is 8.49. The van der Waals surface area contributed by atoms with Crippen LogP contribution in [0.2, 0.25) is 0 Å². The summed E-state index contributed by atoms with van der Waals surface area (Å²) in [5.74, 6) is 1.17. The second-order valence-corrected chi connectivity index (χ2v) is 5.60. The minimum atomic E-state index is -0.907. The maximum atomic E-state index is 11.9. The number of hydrogen-bond acceptors (Lipinski definition) is 4. The molecule has 0 aromatic heterocycles. The zero-order chi connectivity index (χ0) is 13.7. The first kappa shape index (κ1) is 15.4. The molecule has 1 rings (SSSR count). The second kappa shape index (κ2) is 7.10. The molecular formula is C14H26O4. The standard InChI is InChI=1S/C14H26O4/c1-9(2)11-7-6-10(3)8-12(11)18-13(15)14(16-4)17-5/h9-12,14H,6-8H2,1-5H3/t10-,11+,12-/m1/s1. The molecule has 0 aliphatic heterocycles. The lowest BCUT2D eigenvalue weighted by Gasteiger charge is -2.37. The van der Waals surface area contributed by atoms with Gasteiger partial charge in [0.2, 0.25) is 0 Å². The van der Waals surface area contributed by atoms with Crippen LogP contribution in [0.3, 0.4) is 0 Å². The van der Waals surface area contributed by atoms with Crippen LogP contribution in [0.15, 0.2) is 0 Å². The summed E-state index contributed by atoms with van der Waals surface area (Å²) in [6.45, 7) is 6.58. The lowest BCUT2D eigenvalue weighted by Crippen LogP contribution is -2.39. The Bertz CT molecular complexity index is 261. The summed E-state index contributed by atoms with van der Waals surface area (Å²) in [6.07, 6.45) is 2.37. The van der Waals surface area contributed by atoms with Gasteiger partial charge in [-0.3, -0.25) is 0 Å². The van der Waals surface area contributed by atoms with Gasteiger partial charge in [0.05, 0.1) is 0 Å². The highest BCUT2D eigenvalue weighted by atomic mass is 16.7. The highest BCUT2D eigenvalue weighted by Gasteiger charge is 2.35. The molecule has 0 unspecified atom stereocenters. The number of hydrogen-bond donors (Lipinski definition) is 0. The number of rotatable bonds is 5. The van der Waals surface area contributed by atoms with E-state index in [0.717, 1.165) is 12.8 Å². The minimum absolute atomic E-state index is 0.00551. The Kier molecular flexibility index (Phi) is 6.09. The molecule has 106 valence electrons. The van der Waals surface area contributed by atoms with Gasteiger partial charge in [0.1, 0.15) is 6.10 Å². The van der Waals surface area contributed by atoms with E-state index in [1.165, 1.54) is 20.6 Å². The SMILES string of the molecule is COC(OC)C(=O)O[C@@H]1C[C@H](C)CC[C@H]1C(C)C. The third-order valence-corrected chi connectivity index (χ3v) is 3.85. The van der Waals surface area contributed by atoms with Crippen molar-refractivity contribution in [3.8, 4) is 0 Å². The predicted molar refractivity (Wildman–Crippen MR) is 69.0 cm³/mol. The maximum Gasteiger partial charge on any atom is 0.363 e. The maximum absolute atomic E-state index is 11.9. The van der Waals surface area contributed by atoms with Crippen LogP contribution in [0, 0.1) is 17.8 Å². The van der Waals surface area contributed by atoms with E-state index in [1.807, 2.05) is 0 Å². The normalized spacial score (nSPS) is 28.7. The van der Waals surface area contributed by atoms with Gasteiger partial charge in [0, 0.05) is 14.2 Å². The highest BCUT2D eigenvalue weighted by Crippen LogP contribution is 2.35. The summed E-state index contributed by atoms with van der Waals surface area (Å²) in [6, 6.07) is 0. The number of carbonyl (C=O) groups is 1. The van der Waals surface area contributed by atoms with Gasteiger partial charge in [0.15, 0.2) is 0 Å². The fourth-order valence-electron chi connectivity index (χ4n) is 2.74. The zero-order valence-electron chi connectivity index (χ0n) is 12.1. The summed E-state index contributed by atoms with van der Waals surface area (Å²) in [5.41, 5.74) is 0. The van der Waals surface area contributed by atoms with E-state index >= 15 is 0 Å². The molecule has 0 heterocycles. The summed E-state index contributed by atoms with van der Waals surface area (Å²) in [4.78, 5) is 11.9. The van der Waals surface area contributed by atoms with Gasteiger partial charge in [-0.25, -0.2) is 4.79 Å². The van der Waals surface area contributed by atoms with Crippen molar-refractivity contribution >= 4 is 5.97 Å². The number of ether oxygens (including phenoxy) is 3. The summed E-state index contributed by atoms with van der Waals surface area (Å²) >= 11 is 0. The summed E-state index contributed by atoms with van der Waals surface area (Å²) in [5, 5.41) is 0. The Labute approximate surface area is 110 Å². The van der Waals surface area contributed by atoms with Gasteiger partial charge in [0.25, 0.3) is 6.29 Å². The Balaban J connectivity index is 2.63. The van der Waals surface area contributed by atoms with Gasteiger partial charge in [-0.15, -0.1) is 0 Å². The van der Waals surface area contributed by atoms with E-state index in [9.17, 15) is 4.79 Å². The second-order valence-electron chi connectivity index (χ2n) is 5.60. The first-order valence-corrected chi connectivity index (χ1v) is 6.75. The molecular weight excluding hydrogens is 232 g/mol. The molecule has 0 radical (unpaired) electrons. The van der Waals surface area contributed by atoms with E-state index in [2.05, 4.69) is 20.8 Å². The lowest BCUT2D eigenvalue weighted by atomic mass is 9.75. The zero-order valence-corrected chi connectivity index (χ0v) is 12.1. The molecule has 1 saturated carbocycles. The fourth-order valence-corrected chi connectivity index (χ4v) is 2.74. The molecule has 0 amide bonds. The van der Waals surface area contributed by atoms with Crippen LogP contribution in [0.1, 0.15) is 40.0 Å². The molecule has 1 aliphatic carbocycles. The molecule has 0 spiro atoms. The Morgan fingerprint density at radius 3 is 2.28 bits per heavy atom. The monoisotopic (exact) mass is 258 g/mol. The van der Waals surface area contributed by atoms with Crippen molar-refractivity contribution in [1.82, 2.24) is 0 Å². The molecule has 18 heavy (non-hydrogen) atoms. The van der Waals surface area contributed by atoms with Crippen LogP contribution in [0.5, 0.6) is 0 Å². The van der Waals surface area contributed by atoms with Crippen molar-refractivity contribution in [2.45, 2.75) is 52.4 Å². The summed E-state index contributed by atoms with van der Waals surface area (Å²) < 4.78 is 15.4. The molecule has 0 saturated heterocycles. The molecule has 4 heteroatoms. The van der Waals surface area contributed by atoms with E-state index in [1.54, 1.807) is 0 Å². The molecule has 0 aromatic rings. The first-order valence-electron chi connectivity index (χ1n) is 6.75. The van der Waals surface area contributed by atoms with Crippen LogP contribution < -0.4 is 0 Å². The van der Waals surface area contributed by atoms with Crippen LogP contribution >= 0.6 is 0 Å². The minimum Gasteiger partial charge on any atom is -0.458 e. The molecule has 4 nitrogen and oxygen atoms in total. The highest BCUT2D eigenvalue weighted by molar-refractivity contribution is 5.73. The Hall–Kier alpha value is -0.610. The Morgan fingerprint density at radius 1 is 1.17 bits per heavy atom. The summed E-state index contributed by atoms with van der Waals surface area (Å²) in [7, 11) is 2.89. The van der Waals surface area contributed by atoms with Gasteiger partial charge in [-0.1, -0.05) is 27.2 Å². The number of esters is 1. The average molecular weight is 258 g/mol. The predicted octanol–water partition coefficient (Wildman–Crippen LogP) is 2.61. The van der Waals surface area contributed by atoms with Crippen molar-refractivity contribution in [3.63, 3.8) is 0 Å². The Morgan fingerprint density at radius 2 is 1.78 bits per heavy atom. The van der Waals surface area contributed by atoms with E-state index in [0.29, 0.717) is 17.8 Å². The third-order valence-electron chi connectivity index (χ3n) is 3.85. The van der Waals surface area contributed by atoms with Crippen molar-refractivity contribution in [3.05, 3.63) is 0 Å². The molecule has 0 aromatic carbocycles. The van der Waals surface area contributed by atoms with Crippen molar-refractivity contribution in [2.24, 2.45) is 17.8 Å². The van der Waals surface area contributed by atoms with E-state index < -0.39 is 12.3 Å². The lowest BCUT2D eigenvalue weighted by molar-refractivity contribution is -0.194. The van der Waals surface area contributed by atoms with E-state index in [-0.39, 0.29) is 6.10 Å². The quantitative estimate of drug-likeness (QED) is 0.561. The van der Waals surface area contributed by atoms with Crippen LogP contribution in [0.25, 0.3) is 0 Å². The topological polar surface area (TPSA) is 44.8 Å². The van der Waals surface area contributed by atoms with Gasteiger partial charge in [-0.05, 0) is 30.6 Å². The molecule has 3 atom stereocenters. The fraction of sp³-hybridized carbons (Fsp3) is 0.929. The van der Waals surface area contributed by atoms with Crippen molar-refractivity contribution < 1.29 is 19.0 Å². The molecule has 1 fully saturated rings. The molecule has 0 N–H and O–H groups in total. The van der Waals surface area contributed by atoms with Crippen LogP contribution in [-0.4, -0.2) is 32.6 Å². The van der Waals surface area contributed by atoms with E-state index in [4.69, 9.17) is 14.2 Å².